The largest absolute Gasteiger partial charge is 0.493 e. The van der Waals surface area contributed by atoms with Crippen molar-refractivity contribution in [2.24, 2.45) is 5.10 Å². The molecule has 0 aliphatic rings. The molecule has 128 valence electrons. The highest BCUT2D eigenvalue weighted by molar-refractivity contribution is 7.98. The first-order valence-corrected chi connectivity index (χ1v) is 9.16. The van der Waals surface area contributed by atoms with Gasteiger partial charge in [-0.3, -0.25) is 0 Å². The molecule has 0 atom stereocenters. The molecule has 0 fully saturated rings. The van der Waals surface area contributed by atoms with E-state index in [-0.39, 0.29) is 0 Å². The number of hydrogen-bond acceptors (Lipinski definition) is 5. The van der Waals surface area contributed by atoms with E-state index in [9.17, 15) is 0 Å². The number of aromatic nitrogens is 3. The van der Waals surface area contributed by atoms with Crippen molar-refractivity contribution >= 4 is 29.6 Å². The van der Waals surface area contributed by atoms with E-state index < -0.39 is 0 Å². The predicted molar refractivity (Wildman–Crippen MR) is 102 cm³/mol. The lowest BCUT2D eigenvalue weighted by atomic mass is 10.2. The Morgan fingerprint density at radius 3 is 2.80 bits per heavy atom. The number of nitrogens with zero attached hydrogens (tertiary/aromatic N) is 4. The Morgan fingerprint density at radius 1 is 1.20 bits per heavy atom. The highest BCUT2D eigenvalue weighted by atomic mass is 35.5. The van der Waals surface area contributed by atoms with Gasteiger partial charge in [0.2, 0.25) is 5.16 Å². The molecule has 7 heteroatoms. The second-order valence-electron chi connectivity index (χ2n) is 5.09. The van der Waals surface area contributed by atoms with Crippen LogP contribution in [0.25, 0.3) is 0 Å². The second-order valence-corrected chi connectivity index (χ2v) is 6.47. The molecule has 25 heavy (non-hydrogen) atoms. The van der Waals surface area contributed by atoms with Crippen molar-refractivity contribution in [2.75, 3.05) is 6.61 Å². The Balaban J connectivity index is 1.70. The molecule has 0 spiro atoms. The molecule has 0 amide bonds. The minimum Gasteiger partial charge on any atom is -0.493 e. The molecule has 5 nitrogen and oxygen atoms in total. The maximum absolute atomic E-state index is 5.91. The summed E-state index contributed by atoms with van der Waals surface area (Å²) in [5.74, 6) is 1.57. The summed E-state index contributed by atoms with van der Waals surface area (Å²) in [4.78, 5) is 0. The minimum atomic E-state index is 0.611. The fraction of sp³-hybridized carbons (Fsp3) is 0.167. The molecule has 3 aromatic rings. The third kappa shape index (κ3) is 4.84. The minimum absolute atomic E-state index is 0.611. The predicted octanol–water partition coefficient (Wildman–Crippen LogP) is 4.50. The molecule has 0 bridgehead atoms. The van der Waals surface area contributed by atoms with Gasteiger partial charge in [-0.1, -0.05) is 47.6 Å². The van der Waals surface area contributed by atoms with Crippen LogP contribution in [0.5, 0.6) is 5.75 Å². The second kappa shape index (κ2) is 8.69. The summed E-state index contributed by atoms with van der Waals surface area (Å²) in [6, 6.07) is 15.5. The van der Waals surface area contributed by atoms with Gasteiger partial charge < -0.3 is 4.74 Å². The normalized spacial score (nSPS) is 11.1. The molecule has 0 unspecified atom stereocenters. The molecule has 0 radical (unpaired) electrons. The fourth-order valence-corrected chi connectivity index (χ4v) is 3.07. The number of hydrogen-bond donors (Lipinski definition) is 0. The topological polar surface area (TPSA) is 52.3 Å². The molecule has 1 heterocycles. The first kappa shape index (κ1) is 17.5. The van der Waals surface area contributed by atoms with Gasteiger partial charge in [-0.2, -0.15) is 9.78 Å². The van der Waals surface area contributed by atoms with Gasteiger partial charge in [0.05, 0.1) is 12.8 Å². The number of ether oxygens (including phenoxy) is 1. The molecule has 1 aromatic heterocycles. The zero-order chi connectivity index (χ0) is 17.5. The van der Waals surface area contributed by atoms with E-state index in [0.717, 1.165) is 32.8 Å². The fourth-order valence-electron chi connectivity index (χ4n) is 2.12. The summed E-state index contributed by atoms with van der Waals surface area (Å²) < 4.78 is 7.26. The lowest BCUT2D eigenvalue weighted by molar-refractivity contribution is 0.340. The Bertz CT molecular complexity index is 848. The zero-order valence-electron chi connectivity index (χ0n) is 13.7. The van der Waals surface area contributed by atoms with E-state index in [4.69, 9.17) is 16.3 Å². The van der Waals surface area contributed by atoms with Crippen LogP contribution in [0.15, 0.2) is 65.1 Å². The molecule has 0 saturated carbocycles. The molecule has 0 aliphatic heterocycles. The number of para-hydroxylation sites is 1. The summed E-state index contributed by atoms with van der Waals surface area (Å²) in [6.45, 7) is 2.57. The van der Waals surface area contributed by atoms with Crippen molar-refractivity contribution in [3.63, 3.8) is 0 Å². The van der Waals surface area contributed by atoms with E-state index in [0.29, 0.717) is 6.61 Å². The Morgan fingerprint density at radius 2 is 2.00 bits per heavy atom. The van der Waals surface area contributed by atoms with Crippen molar-refractivity contribution in [3.05, 3.63) is 71.0 Å². The Labute approximate surface area is 155 Å². The number of thioether (sulfide) groups is 1. The number of rotatable bonds is 7. The average Bonchev–Trinajstić information content (AvgIpc) is 3.08. The maximum atomic E-state index is 5.91. The SMILES string of the molecule is CCOc1ccccc1/C=N/n1cnnc1SCc1ccc(Cl)cc1. The van der Waals surface area contributed by atoms with Crippen LogP contribution >= 0.6 is 23.4 Å². The molecule has 2 aromatic carbocycles. The maximum Gasteiger partial charge on any atom is 0.212 e. The van der Waals surface area contributed by atoms with E-state index in [1.54, 1.807) is 29.0 Å². The summed E-state index contributed by atoms with van der Waals surface area (Å²) in [6.07, 6.45) is 3.34. The van der Waals surface area contributed by atoms with Crippen LogP contribution in [-0.4, -0.2) is 27.7 Å². The van der Waals surface area contributed by atoms with Crippen LogP contribution in [-0.2, 0) is 5.75 Å². The first-order chi connectivity index (χ1) is 12.3. The lowest BCUT2D eigenvalue weighted by Crippen LogP contribution is -1.97. The van der Waals surface area contributed by atoms with Crippen LogP contribution < -0.4 is 4.74 Å². The van der Waals surface area contributed by atoms with Crippen LogP contribution in [0.4, 0.5) is 0 Å². The van der Waals surface area contributed by atoms with Gasteiger partial charge in [-0.15, -0.1) is 10.2 Å². The third-order valence-electron chi connectivity index (χ3n) is 3.32. The summed E-state index contributed by atoms with van der Waals surface area (Å²) in [5.41, 5.74) is 2.07. The van der Waals surface area contributed by atoms with Gasteiger partial charge in [-0.25, -0.2) is 0 Å². The third-order valence-corrected chi connectivity index (χ3v) is 4.58. The quantitative estimate of drug-likeness (QED) is 0.452. The number of halogens is 1. The molecule has 0 aliphatic carbocycles. The number of benzene rings is 2. The van der Waals surface area contributed by atoms with Gasteiger partial charge in [0.15, 0.2) is 0 Å². The van der Waals surface area contributed by atoms with Crippen molar-refractivity contribution < 1.29 is 4.74 Å². The van der Waals surface area contributed by atoms with E-state index in [1.165, 1.54) is 0 Å². The van der Waals surface area contributed by atoms with Crippen molar-refractivity contribution in [2.45, 2.75) is 17.8 Å². The van der Waals surface area contributed by atoms with Gasteiger partial charge in [0.1, 0.15) is 12.1 Å². The monoisotopic (exact) mass is 372 g/mol. The standard InChI is InChI=1S/C18H17ClN4OS/c1-2-24-17-6-4-3-5-15(17)11-21-23-13-20-22-18(23)25-12-14-7-9-16(19)10-8-14/h3-11,13H,2,12H2,1H3/b21-11+. The Hall–Kier alpha value is -2.31. The highest BCUT2D eigenvalue weighted by Crippen LogP contribution is 2.22. The summed E-state index contributed by atoms with van der Waals surface area (Å²) >= 11 is 7.47. The van der Waals surface area contributed by atoms with E-state index in [2.05, 4.69) is 15.3 Å². The Kier molecular flexibility index (Phi) is 6.09. The summed E-state index contributed by atoms with van der Waals surface area (Å²) in [7, 11) is 0. The molecule has 0 saturated heterocycles. The van der Waals surface area contributed by atoms with Crippen molar-refractivity contribution in [1.29, 1.82) is 0 Å². The molecular formula is C18H17ClN4OS. The van der Waals surface area contributed by atoms with Gasteiger partial charge >= 0.3 is 0 Å². The van der Waals surface area contributed by atoms with Crippen LogP contribution in [0.2, 0.25) is 5.02 Å². The van der Waals surface area contributed by atoms with Gasteiger partial charge in [0.25, 0.3) is 0 Å². The van der Waals surface area contributed by atoms with Gasteiger partial charge in [-0.05, 0) is 36.8 Å². The molecular weight excluding hydrogens is 356 g/mol. The van der Waals surface area contributed by atoms with Gasteiger partial charge in [0, 0.05) is 16.3 Å². The highest BCUT2D eigenvalue weighted by Gasteiger charge is 2.05. The average molecular weight is 373 g/mol. The molecule has 3 rings (SSSR count). The van der Waals surface area contributed by atoms with Crippen LogP contribution in [0.1, 0.15) is 18.1 Å². The van der Waals surface area contributed by atoms with Crippen molar-refractivity contribution in [1.82, 2.24) is 14.9 Å². The smallest absolute Gasteiger partial charge is 0.212 e. The van der Waals surface area contributed by atoms with Crippen molar-refractivity contribution in [3.8, 4) is 5.75 Å². The van der Waals surface area contributed by atoms with E-state index in [1.807, 2.05) is 55.5 Å². The van der Waals surface area contributed by atoms with E-state index >= 15 is 0 Å². The first-order valence-electron chi connectivity index (χ1n) is 7.79. The van der Waals surface area contributed by atoms with Crippen LogP contribution in [0, 0.1) is 0 Å². The lowest BCUT2D eigenvalue weighted by Gasteiger charge is -2.06. The zero-order valence-corrected chi connectivity index (χ0v) is 15.2. The molecule has 0 N–H and O–H groups in total. The summed E-state index contributed by atoms with van der Waals surface area (Å²) in [5, 5.41) is 14.0. The van der Waals surface area contributed by atoms with Crippen LogP contribution in [0.3, 0.4) is 0 Å².